The van der Waals surface area contributed by atoms with Gasteiger partial charge in [0.1, 0.15) is 5.60 Å². The van der Waals surface area contributed by atoms with Crippen LogP contribution < -0.4 is 11.1 Å². The van der Waals surface area contributed by atoms with Gasteiger partial charge in [-0.05, 0) is 74.9 Å². The Hall–Kier alpha value is -2.22. The van der Waals surface area contributed by atoms with Crippen molar-refractivity contribution in [2.24, 2.45) is 5.92 Å². The number of alkyl carbamates (subject to hydrolysis) is 1. The molecule has 0 spiro atoms. The van der Waals surface area contributed by atoms with Crippen LogP contribution in [0, 0.1) is 5.92 Å². The molecule has 0 saturated heterocycles. The second kappa shape index (κ2) is 12.1. The largest absolute Gasteiger partial charge is 0.444 e. The highest BCUT2D eigenvalue weighted by Crippen LogP contribution is 2.25. The maximum Gasteiger partial charge on any atom is 0.407 e. The van der Waals surface area contributed by atoms with Gasteiger partial charge in [-0.1, -0.05) is 44.2 Å². The number of anilines is 1. The van der Waals surface area contributed by atoms with Gasteiger partial charge in [-0.15, -0.1) is 0 Å². The van der Waals surface area contributed by atoms with Gasteiger partial charge < -0.3 is 20.9 Å². The van der Waals surface area contributed by atoms with Crippen LogP contribution in [0.25, 0.3) is 0 Å². The monoisotopic (exact) mass is 459 g/mol. The molecular weight excluding hydrogens is 422 g/mol. The van der Waals surface area contributed by atoms with Crippen LogP contribution in [-0.4, -0.2) is 46.3 Å². The second-order valence-corrected chi connectivity index (χ2v) is 10.6. The lowest BCUT2D eigenvalue weighted by Crippen LogP contribution is -2.50. The molecule has 4 N–H and O–H groups in total. The molecule has 7 heteroatoms. The van der Waals surface area contributed by atoms with Crippen molar-refractivity contribution in [1.29, 1.82) is 0 Å². The summed E-state index contributed by atoms with van der Waals surface area (Å²) >= 11 is 1.58. The van der Waals surface area contributed by atoms with Gasteiger partial charge in [0, 0.05) is 23.7 Å². The van der Waals surface area contributed by atoms with E-state index in [0.717, 1.165) is 17.0 Å². The average molecular weight is 460 g/mol. The molecule has 0 saturated carbocycles. The van der Waals surface area contributed by atoms with Crippen molar-refractivity contribution in [3.63, 3.8) is 0 Å². The van der Waals surface area contributed by atoms with E-state index < -0.39 is 23.8 Å². The molecule has 32 heavy (non-hydrogen) atoms. The van der Waals surface area contributed by atoms with E-state index in [4.69, 9.17) is 10.5 Å². The Balaban J connectivity index is 2.14. The molecule has 0 aromatic heterocycles. The number of benzene rings is 2. The number of hydrogen-bond donors (Lipinski definition) is 3. The third-order valence-corrected chi connectivity index (χ3v) is 5.58. The summed E-state index contributed by atoms with van der Waals surface area (Å²) in [6, 6.07) is 17.0. The van der Waals surface area contributed by atoms with Crippen LogP contribution in [0.5, 0.6) is 0 Å². The number of nitrogens with one attached hydrogen (secondary N) is 1. The van der Waals surface area contributed by atoms with E-state index in [2.05, 4.69) is 23.5 Å². The lowest BCUT2D eigenvalue weighted by Gasteiger charge is -2.31. The molecule has 0 heterocycles. The molecular formula is C25H37N3O3S. The predicted octanol–water partition coefficient (Wildman–Crippen LogP) is 4.73. The molecule has 0 fully saturated rings. The highest BCUT2D eigenvalue weighted by Gasteiger charge is 2.27. The van der Waals surface area contributed by atoms with E-state index in [1.165, 1.54) is 0 Å². The molecule has 2 aromatic rings. The number of nitrogens with two attached hydrogens (primary N) is 1. The smallest absolute Gasteiger partial charge is 0.407 e. The Morgan fingerprint density at radius 2 is 1.72 bits per heavy atom. The Bertz CT molecular complexity index is 823. The van der Waals surface area contributed by atoms with Crippen molar-refractivity contribution in [3.05, 3.63) is 60.2 Å². The first-order chi connectivity index (χ1) is 15.0. The maximum absolute atomic E-state index is 12.5. The van der Waals surface area contributed by atoms with Gasteiger partial charge in [0.05, 0.1) is 12.1 Å². The van der Waals surface area contributed by atoms with Crippen molar-refractivity contribution in [3.8, 4) is 0 Å². The topological polar surface area (TPSA) is 87.8 Å². The summed E-state index contributed by atoms with van der Waals surface area (Å²) in [4.78, 5) is 13.5. The van der Waals surface area contributed by atoms with Crippen LogP contribution in [0.4, 0.5) is 10.5 Å². The normalized spacial score (nSPS) is 13.8. The first kappa shape index (κ1) is 26.0. The summed E-state index contributed by atoms with van der Waals surface area (Å²) in [5.74, 6) is 0.412. The molecule has 1 amide bonds. The minimum atomic E-state index is -0.789. The zero-order valence-electron chi connectivity index (χ0n) is 19.7. The van der Waals surface area contributed by atoms with Gasteiger partial charge in [0.2, 0.25) is 0 Å². The Morgan fingerprint density at radius 1 is 1.09 bits per heavy atom. The van der Waals surface area contributed by atoms with Gasteiger partial charge in [-0.2, -0.15) is 0 Å². The number of amides is 1. The van der Waals surface area contributed by atoms with Gasteiger partial charge in [0.15, 0.2) is 0 Å². The summed E-state index contributed by atoms with van der Waals surface area (Å²) in [6.07, 6.45) is -0.814. The number of hydrogen-bond acceptors (Lipinski definition) is 6. The lowest BCUT2D eigenvalue weighted by molar-refractivity contribution is 0.0402. The highest BCUT2D eigenvalue weighted by atomic mass is 32.2. The van der Waals surface area contributed by atoms with E-state index in [0.29, 0.717) is 24.6 Å². The van der Waals surface area contributed by atoms with E-state index in [1.807, 2.05) is 75.4 Å². The number of aliphatic hydroxyl groups is 1. The minimum Gasteiger partial charge on any atom is -0.444 e. The van der Waals surface area contributed by atoms with Crippen molar-refractivity contribution >= 4 is 23.7 Å². The quantitative estimate of drug-likeness (QED) is 0.352. The van der Waals surface area contributed by atoms with E-state index in [1.54, 1.807) is 11.9 Å². The number of nitrogen functional groups attached to an aromatic ring is 1. The summed E-state index contributed by atoms with van der Waals surface area (Å²) in [7, 11) is 0. The zero-order chi connectivity index (χ0) is 23.7. The van der Waals surface area contributed by atoms with Crippen LogP contribution in [0.15, 0.2) is 59.5 Å². The summed E-state index contributed by atoms with van der Waals surface area (Å²) in [5.41, 5.74) is 6.95. The number of aliphatic hydroxyl groups excluding tert-OH is 1. The summed E-state index contributed by atoms with van der Waals surface area (Å²) < 4.78 is 7.58. The zero-order valence-corrected chi connectivity index (χ0v) is 20.6. The van der Waals surface area contributed by atoms with Crippen molar-refractivity contribution in [2.75, 3.05) is 18.8 Å². The van der Waals surface area contributed by atoms with Gasteiger partial charge >= 0.3 is 6.09 Å². The van der Waals surface area contributed by atoms with Crippen LogP contribution >= 0.6 is 11.9 Å². The predicted molar refractivity (Wildman–Crippen MR) is 132 cm³/mol. The third-order valence-electron chi connectivity index (χ3n) is 4.54. The van der Waals surface area contributed by atoms with E-state index >= 15 is 0 Å². The molecule has 0 aliphatic heterocycles. The number of carbonyl (C=O) groups is 1. The van der Waals surface area contributed by atoms with Crippen molar-refractivity contribution in [1.82, 2.24) is 9.62 Å². The molecule has 2 aromatic carbocycles. The maximum atomic E-state index is 12.5. The Morgan fingerprint density at radius 3 is 2.28 bits per heavy atom. The van der Waals surface area contributed by atoms with Crippen molar-refractivity contribution in [2.45, 2.75) is 63.7 Å². The fourth-order valence-corrected chi connectivity index (χ4v) is 4.34. The molecule has 6 nitrogen and oxygen atoms in total. The van der Waals surface area contributed by atoms with Gasteiger partial charge in [0.25, 0.3) is 0 Å². The van der Waals surface area contributed by atoms with E-state index in [-0.39, 0.29) is 0 Å². The number of carbonyl (C=O) groups excluding carboxylic acids is 1. The number of ether oxygens (including phenoxy) is 1. The number of nitrogens with zero attached hydrogens (tertiary/aromatic N) is 1. The second-order valence-electron chi connectivity index (χ2n) is 9.41. The molecule has 0 aliphatic carbocycles. The standard InChI is InChI=1S/C25H37N3O3S/c1-18(2)16-28(32-21-13-11-20(26)12-14-21)17-23(29)22(15-19-9-7-6-8-10-19)27-24(30)31-25(3,4)5/h6-14,18,22-23,29H,15-17,26H2,1-5H3,(H,27,30). The first-order valence-corrected chi connectivity index (χ1v) is 11.8. The molecule has 0 radical (unpaired) electrons. The van der Waals surface area contributed by atoms with Crippen molar-refractivity contribution < 1.29 is 14.6 Å². The number of rotatable bonds is 10. The molecule has 0 bridgehead atoms. The third kappa shape index (κ3) is 9.94. The SMILES string of the molecule is CC(C)CN(CC(O)C(Cc1ccccc1)NC(=O)OC(C)(C)C)Sc1ccc(N)cc1. The molecule has 2 unspecified atom stereocenters. The molecule has 2 rings (SSSR count). The first-order valence-electron chi connectivity index (χ1n) is 11.0. The fourth-order valence-electron chi connectivity index (χ4n) is 3.18. The summed E-state index contributed by atoms with van der Waals surface area (Å²) in [5, 5.41) is 14.1. The molecule has 2 atom stereocenters. The Kier molecular flexibility index (Phi) is 9.87. The Labute approximate surface area is 196 Å². The molecule has 0 aliphatic rings. The summed E-state index contributed by atoms with van der Waals surface area (Å²) in [6.45, 7) is 10.9. The van der Waals surface area contributed by atoms with Crippen LogP contribution in [0.2, 0.25) is 0 Å². The molecule has 176 valence electrons. The average Bonchev–Trinajstić information content (AvgIpc) is 2.68. The minimum absolute atomic E-state index is 0.389. The van der Waals surface area contributed by atoms with Crippen LogP contribution in [0.3, 0.4) is 0 Å². The van der Waals surface area contributed by atoms with Gasteiger partial charge in [-0.25, -0.2) is 9.10 Å². The van der Waals surface area contributed by atoms with Crippen LogP contribution in [-0.2, 0) is 11.2 Å². The lowest BCUT2D eigenvalue weighted by atomic mass is 10.0. The van der Waals surface area contributed by atoms with Crippen LogP contribution in [0.1, 0.15) is 40.2 Å². The highest BCUT2D eigenvalue weighted by molar-refractivity contribution is 7.97. The van der Waals surface area contributed by atoms with Gasteiger partial charge in [-0.3, -0.25) is 0 Å². The fraction of sp³-hybridized carbons (Fsp3) is 0.480. The van der Waals surface area contributed by atoms with E-state index in [9.17, 15) is 9.90 Å².